The highest BCUT2D eigenvalue weighted by atomic mass is 16.6. The summed E-state index contributed by atoms with van der Waals surface area (Å²) in [6, 6.07) is 10.1. The average Bonchev–Trinajstić information content (AvgIpc) is 2.47. The molecule has 8 heteroatoms. The lowest BCUT2D eigenvalue weighted by molar-refractivity contribution is -0.394. The van der Waals surface area contributed by atoms with Crippen LogP contribution in [0.3, 0.4) is 0 Å². The van der Waals surface area contributed by atoms with E-state index in [1.807, 2.05) is 0 Å². The summed E-state index contributed by atoms with van der Waals surface area (Å²) in [5, 5.41) is 24.6. The second kappa shape index (κ2) is 5.87. The van der Waals surface area contributed by atoms with Gasteiger partial charge in [-0.15, -0.1) is 0 Å². The van der Waals surface area contributed by atoms with Crippen LogP contribution in [-0.2, 0) is 0 Å². The van der Waals surface area contributed by atoms with Gasteiger partial charge in [-0.1, -0.05) is 12.1 Å². The predicted molar refractivity (Wildman–Crippen MR) is 75.8 cm³/mol. The summed E-state index contributed by atoms with van der Waals surface area (Å²) in [6.07, 6.45) is 0. The Balaban J connectivity index is 2.44. The molecule has 0 saturated carbocycles. The van der Waals surface area contributed by atoms with Gasteiger partial charge in [0.2, 0.25) is 5.75 Å². The molecule has 2 aromatic carbocycles. The zero-order valence-corrected chi connectivity index (χ0v) is 11.0. The van der Waals surface area contributed by atoms with Gasteiger partial charge in [0, 0.05) is 13.1 Å². The van der Waals surface area contributed by atoms with Crippen LogP contribution < -0.4 is 10.1 Å². The molecule has 2 rings (SSSR count). The van der Waals surface area contributed by atoms with E-state index < -0.39 is 15.5 Å². The molecular weight excluding hydrogens is 278 g/mol. The highest BCUT2D eigenvalue weighted by molar-refractivity contribution is 5.60. The van der Waals surface area contributed by atoms with E-state index in [1.54, 1.807) is 31.3 Å². The third-order valence-electron chi connectivity index (χ3n) is 2.73. The van der Waals surface area contributed by atoms with Gasteiger partial charge in [0.05, 0.1) is 21.6 Å². The van der Waals surface area contributed by atoms with E-state index in [0.717, 1.165) is 12.1 Å². The van der Waals surface area contributed by atoms with Crippen LogP contribution in [0.15, 0.2) is 42.5 Å². The maximum Gasteiger partial charge on any atom is 0.318 e. The molecule has 0 aliphatic rings. The van der Waals surface area contributed by atoms with E-state index in [0.29, 0.717) is 11.4 Å². The first-order valence-corrected chi connectivity index (χ1v) is 5.90. The van der Waals surface area contributed by atoms with Crippen molar-refractivity contribution in [3.05, 3.63) is 62.7 Å². The molecule has 108 valence electrons. The molecule has 0 aromatic heterocycles. The number of hydrogen-bond donors (Lipinski definition) is 1. The molecule has 2 aromatic rings. The molecular formula is C13H11N3O5. The molecule has 0 spiro atoms. The quantitative estimate of drug-likeness (QED) is 0.668. The molecule has 1 N–H and O–H groups in total. The molecule has 0 heterocycles. The monoisotopic (exact) mass is 289 g/mol. The van der Waals surface area contributed by atoms with Crippen molar-refractivity contribution in [2.45, 2.75) is 0 Å². The van der Waals surface area contributed by atoms with Crippen LogP contribution in [0.25, 0.3) is 0 Å². The molecule has 0 atom stereocenters. The standard InChI is InChI=1S/C13H11N3O5/c1-14-10-4-2-3-5-12(10)21-13-7-6-9(15(17)18)8-11(13)16(19)20/h2-8,14H,1H3. The lowest BCUT2D eigenvalue weighted by atomic mass is 10.2. The number of rotatable bonds is 5. The highest BCUT2D eigenvalue weighted by Crippen LogP contribution is 2.36. The molecule has 0 unspecified atom stereocenters. The van der Waals surface area contributed by atoms with Crippen molar-refractivity contribution in [2.75, 3.05) is 12.4 Å². The van der Waals surface area contributed by atoms with E-state index in [1.165, 1.54) is 6.07 Å². The number of benzene rings is 2. The molecule has 21 heavy (non-hydrogen) atoms. The fourth-order valence-electron chi connectivity index (χ4n) is 1.73. The summed E-state index contributed by atoms with van der Waals surface area (Å²) >= 11 is 0. The van der Waals surface area contributed by atoms with Crippen molar-refractivity contribution >= 4 is 17.1 Å². The Morgan fingerprint density at radius 1 is 1.00 bits per heavy atom. The van der Waals surface area contributed by atoms with Gasteiger partial charge in [-0.2, -0.15) is 0 Å². The van der Waals surface area contributed by atoms with Crippen LogP contribution in [0, 0.1) is 20.2 Å². The van der Waals surface area contributed by atoms with E-state index in [9.17, 15) is 20.2 Å². The fourth-order valence-corrected chi connectivity index (χ4v) is 1.73. The Labute approximate surface area is 119 Å². The van der Waals surface area contributed by atoms with Crippen LogP contribution in [0.5, 0.6) is 11.5 Å². The van der Waals surface area contributed by atoms with Gasteiger partial charge >= 0.3 is 5.69 Å². The molecule has 0 fully saturated rings. The number of ether oxygens (including phenoxy) is 1. The Morgan fingerprint density at radius 3 is 2.33 bits per heavy atom. The molecule has 0 aliphatic carbocycles. The lowest BCUT2D eigenvalue weighted by Crippen LogP contribution is -1.98. The molecule has 0 saturated heterocycles. The van der Waals surface area contributed by atoms with Crippen molar-refractivity contribution < 1.29 is 14.6 Å². The number of para-hydroxylation sites is 2. The van der Waals surface area contributed by atoms with E-state index in [4.69, 9.17) is 4.74 Å². The second-order valence-corrected chi connectivity index (χ2v) is 4.01. The number of nitro groups is 2. The number of hydrogen-bond acceptors (Lipinski definition) is 6. The minimum absolute atomic E-state index is 0.0618. The van der Waals surface area contributed by atoms with Crippen LogP contribution >= 0.6 is 0 Å². The topological polar surface area (TPSA) is 108 Å². The zero-order chi connectivity index (χ0) is 15.4. The van der Waals surface area contributed by atoms with Gasteiger partial charge in [-0.05, 0) is 18.2 Å². The summed E-state index contributed by atoms with van der Waals surface area (Å²) < 4.78 is 5.50. The maximum absolute atomic E-state index is 11.0. The molecule has 0 aliphatic heterocycles. The Bertz CT molecular complexity index is 702. The third-order valence-corrected chi connectivity index (χ3v) is 2.73. The minimum Gasteiger partial charge on any atom is -0.448 e. The van der Waals surface area contributed by atoms with Crippen molar-refractivity contribution in [2.24, 2.45) is 0 Å². The lowest BCUT2D eigenvalue weighted by Gasteiger charge is -2.10. The second-order valence-electron chi connectivity index (χ2n) is 4.01. The van der Waals surface area contributed by atoms with Gasteiger partial charge in [0.25, 0.3) is 5.69 Å². The minimum atomic E-state index is -0.718. The van der Waals surface area contributed by atoms with Crippen molar-refractivity contribution in [3.8, 4) is 11.5 Å². The van der Waals surface area contributed by atoms with Crippen molar-refractivity contribution in [1.29, 1.82) is 0 Å². The van der Waals surface area contributed by atoms with E-state index in [2.05, 4.69) is 5.32 Å². The average molecular weight is 289 g/mol. The summed E-state index contributed by atoms with van der Waals surface area (Å²) in [4.78, 5) is 20.3. The van der Waals surface area contributed by atoms with Crippen LogP contribution in [0.4, 0.5) is 17.1 Å². The first-order valence-electron chi connectivity index (χ1n) is 5.90. The summed E-state index contributed by atoms with van der Waals surface area (Å²) in [7, 11) is 1.69. The van der Waals surface area contributed by atoms with Gasteiger partial charge in [-0.3, -0.25) is 20.2 Å². The molecule has 0 bridgehead atoms. The number of non-ortho nitro benzene ring substituents is 1. The maximum atomic E-state index is 11.0. The SMILES string of the molecule is CNc1ccccc1Oc1ccc([N+](=O)[O-])cc1[N+](=O)[O-]. The summed E-state index contributed by atoms with van der Waals surface area (Å²) in [5.74, 6) is 0.324. The highest BCUT2D eigenvalue weighted by Gasteiger charge is 2.21. The Morgan fingerprint density at radius 2 is 1.71 bits per heavy atom. The predicted octanol–water partition coefficient (Wildman–Crippen LogP) is 3.34. The first-order chi connectivity index (χ1) is 10.0. The van der Waals surface area contributed by atoms with Crippen LogP contribution in [0.1, 0.15) is 0 Å². The third kappa shape index (κ3) is 3.06. The number of anilines is 1. The van der Waals surface area contributed by atoms with Gasteiger partial charge in [0.15, 0.2) is 5.75 Å². The number of nitrogens with one attached hydrogen (secondary N) is 1. The molecule has 8 nitrogen and oxygen atoms in total. The fraction of sp³-hybridized carbons (Fsp3) is 0.0769. The summed E-state index contributed by atoms with van der Waals surface area (Å²) in [5.41, 5.74) is -0.184. The largest absolute Gasteiger partial charge is 0.448 e. The normalized spacial score (nSPS) is 9.95. The van der Waals surface area contributed by atoms with Crippen LogP contribution in [-0.4, -0.2) is 16.9 Å². The molecule has 0 radical (unpaired) electrons. The van der Waals surface area contributed by atoms with Crippen molar-refractivity contribution in [3.63, 3.8) is 0 Å². The van der Waals surface area contributed by atoms with E-state index in [-0.39, 0.29) is 11.4 Å². The van der Waals surface area contributed by atoms with E-state index >= 15 is 0 Å². The first kappa shape index (κ1) is 14.3. The number of nitro benzene ring substituents is 2. The smallest absolute Gasteiger partial charge is 0.318 e. The molecule has 0 amide bonds. The Kier molecular flexibility index (Phi) is 3.98. The Hall–Kier alpha value is -3.16. The van der Waals surface area contributed by atoms with Crippen LogP contribution in [0.2, 0.25) is 0 Å². The van der Waals surface area contributed by atoms with Gasteiger partial charge in [-0.25, -0.2) is 0 Å². The van der Waals surface area contributed by atoms with Gasteiger partial charge in [0.1, 0.15) is 0 Å². The van der Waals surface area contributed by atoms with Crippen molar-refractivity contribution in [1.82, 2.24) is 0 Å². The summed E-state index contributed by atoms with van der Waals surface area (Å²) in [6.45, 7) is 0. The number of nitrogens with zero attached hydrogens (tertiary/aromatic N) is 2. The van der Waals surface area contributed by atoms with Gasteiger partial charge < -0.3 is 10.1 Å². The zero-order valence-electron chi connectivity index (χ0n) is 11.0.